The van der Waals surface area contributed by atoms with Gasteiger partial charge in [0.1, 0.15) is 11.9 Å². The highest BCUT2D eigenvalue weighted by atomic mass is 19.3. The maximum absolute atomic E-state index is 14.4. The van der Waals surface area contributed by atoms with Gasteiger partial charge in [0.15, 0.2) is 0 Å². The summed E-state index contributed by atoms with van der Waals surface area (Å²) in [6.07, 6.45) is 2.24. The van der Waals surface area contributed by atoms with E-state index in [1.54, 1.807) is 36.1 Å². The molecule has 3 aromatic heterocycles. The number of halogens is 2. The first-order chi connectivity index (χ1) is 19.3. The van der Waals surface area contributed by atoms with E-state index in [0.29, 0.717) is 35.2 Å². The molecule has 6 rings (SSSR count). The number of piperidine rings is 1. The average molecular weight is 550 g/mol. The Bertz CT molecular complexity index is 1570. The highest BCUT2D eigenvalue weighted by molar-refractivity contribution is 5.96. The van der Waals surface area contributed by atoms with Gasteiger partial charge < -0.3 is 19.5 Å². The largest absolute Gasteiger partial charge is 0.395 e. The summed E-state index contributed by atoms with van der Waals surface area (Å²) in [5, 5.41) is 14.1. The second-order valence-electron chi connectivity index (χ2n) is 10.8. The Kier molecular flexibility index (Phi) is 6.87. The maximum atomic E-state index is 14.4. The number of likely N-dealkylation sites (tertiary alicyclic amines) is 1. The topological polar surface area (TPSA) is 92.3 Å². The van der Waals surface area contributed by atoms with E-state index in [2.05, 4.69) is 19.5 Å². The number of amides is 1. The van der Waals surface area contributed by atoms with E-state index in [-0.39, 0.29) is 29.7 Å². The van der Waals surface area contributed by atoms with Crippen molar-refractivity contribution in [1.82, 2.24) is 34.1 Å². The van der Waals surface area contributed by atoms with E-state index in [4.69, 9.17) is 4.98 Å². The zero-order valence-electron chi connectivity index (χ0n) is 22.9. The number of benzene rings is 1. The number of nitrogens with zero attached hydrogens (tertiary/aromatic N) is 7. The standard InChI is InChI=1S/C29H33F2N7O2/c1-17-29(40)35(2)16-24-26(34-28(38(17)24)18-7-9-37(10-8-18)11-12-39)20-5-4-6-23-21(20)13-22(27(30)31)25(33-23)19-14-32-36(3)15-19/h4-6,13-15,17-18,27,39H,7-12,16H2,1-3H3/t17-/m0/s1. The van der Waals surface area contributed by atoms with Crippen molar-refractivity contribution in [2.24, 2.45) is 7.05 Å². The lowest BCUT2D eigenvalue weighted by molar-refractivity contribution is -0.135. The number of fused-ring (bicyclic) bond motifs is 2. The fraction of sp³-hybridized carbons (Fsp3) is 0.448. The average Bonchev–Trinajstić information content (AvgIpc) is 3.55. The number of alkyl halides is 2. The number of aliphatic hydroxyl groups excluding tert-OH is 1. The SMILES string of the molecule is C[C@H]1C(=O)N(C)Cc2c(-c3cccc4nc(-c5cnn(C)c5)c(C(F)F)cc34)nc(C3CCN(CCO)CC3)n21. The number of aliphatic hydroxyl groups is 1. The number of carbonyl (C=O) groups is 1. The summed E-state index contributed by atoms with van der Waals surface area (Å²) in [6, 6.07) is 6.72. The van der Waals surface area contributed by atoms with Gasteiger partial charge in [0.05, 0.1) is 41.9 Å². The second-order valence-corrected chi connectivity index (χ2v) is 10.8. The minimum Gasteiger partial charge on any atom is -0.395 e. The number of carbonyl (C=O) groups excluding carboxylic acids is 1. The van der Waals surface area contributed by atoms with Crippen molar-refractivity contribution in [2.75, 3.05) is 33.3 Å². The molecule has 0 aliphatic carbocycles. The molecule has 1 fully saturated rings. The monoisotopic (exact) mass is 549 g/mol. The molecule has 210 valence electrons. The van der Waals surface area contributed by atoms with Crippen LogP contribution in [0.2, 0.25) is 0 Å². The summed E-state index contributed by atoms with van der Waals surface area (Å²) in [7, 11) is 3.52. The summed E-state index contributed by atoms with van der Waals surface area (Å²) in [5.74, 6) is 1.05. The highest BCUT2D eigenvalue weighted by Gasteiger charge is 2.36. The van der Waals surface area contributed by atoms with Crippen molar-refractivity contribution in [3.05, 3.63) is 53.7 Å². The van der Waals surface area contributed by atoms with Gasteiger partial charge in [0, 0.05) is 54.8 Å². The van der Waals surface area contributed by atoms with E-state index in [1.165, 1.54) is 6.07 Å². The Morgan fingerprint density at radius 2 is 1.90 bits per heavy atom. The maximum Gasteiger partial charge on any atom is 0.265 e. The summed E-state index contributed by atoms with van der Waals surface area (Å²) >= 11 is 0. The van der Waals surface area contributed by atoms with Crippen LogP contribution in [-0.2, 0) is 18.4 Å². The lowest BCUT2D eigenvalue weighted by Gasteiger charge is -2.35. The molecule has 2 aliphatic rings. The van der Waals surface area contributed by atoms with E-state index < -0.39 is 12.5 Å². The van der Waals surface area contributed by atoms with Crippen LogP contribution in [0.1, 0.15) is 55.2 Å². The fourth-order valence-electron chi connectivity index (χ4n) is 6.22. The number of aromatic nitrogens is 5. The number of aryl methyl sites for hydroxylation is 1. The molecule has 0 spiro atoms. The van der Waals surface area contributed by atoms with Gasteiger partial charge in [0.25, 0.3) is 6.43 Å². The van der Waals surface area contributed by atoms with Crippen LogP contribution in [0, 0.1) is 0 Å². The highest BCUT2D eigenvalue weighted by Crippen LogP contribution is 2.41. The van der Waals surface area contributed by atoms with Gasteiger partial charge in [-0.25, -0.2) is 18.7 Å². The molecule has 9 nitrogen and oxygen atoms in total. The van der Waals surface area contributed by atoms with Crippen LogP contribution >= 0.6 is 0 Å². The van der Waals surface area contributed by atoms with Crippen LogP contribution in [0.15, 0.2) is 36.7 Å². The number of pyridine rings is 1. The van der Waals surface area contributed by atoms with Gasteiger partial charge in [-0.3, -0.25) is 9.48 Å². The Morgan fingerprint density at radius 3 is 2.58 bits per heavy atom. The first kappa shape index (κ1) is 26.5. The molecule has 40 heavy (non-hydrogen) atoms. The molecule has 1 atom stereocenters. The Balaban J connectivity index is 1.51. The number of hydrogen-bond donors (Lipinski definition) is 1. The quantitative estimate of drug-likeness (QED) is 0.389. The number of β-amino-alcohol motifs (C(OH)–C–C–N with tert-alkyl or cyclic N) is 1. The summed E-state index contributed by atoms with van der Waals surface area (Å²) in [4.78, 5) is 26.8. The van der Waals surface area contributed by atoms with Crippen LogP contribution in [0.25, 0.3) is 33.4 Å². The molecule has 4 aromatic rings. The van der Waals surface area contributed by atoms with Gasteiger partial charge in [-0.15, -0.1) is 0 Å². The van der Waals surface area contributed by atoms with Crippen molar-refractivity contribution in [1.29, 1.82) is 0 Å². The van der Waals surface area contributed by atoms with E-state index in [1.807, 2.05) is 25.1 Å². The van der Waals surface area contributed by atoms with Crippen LogP contribution in [0.3, 0.4) is 0 Å². The lowest BCUT2D eigenvalue weighted by atomic mass is 9.95. The van der Waals surface area contributed by atoms with E-state index >= 15 is 0 Å². The zero-order chi connectivity index (χ0) is 28.1. The Morgan fingerprint density at radius 1 is 1.12 bits per heavy atom. The van der Waals surface area contributed by atoms with E-state index in [0.717, 1.165) is 43.0 Å². The minimum atomic E-state index is -2.72. The predicted octanol–water partition coefficient (Wildman–Crippen LogP) is 4.14. The van der Waals surface area contributed by atoms with Gasteiger partial charge in [-0.2, -0.15) is 5.10 Å². The molecule has 5 heterocycles. The molecule has 1 amide bonds. The third-order valence-corrected chi connectivity index (χ3v) is 8.27. The molecule has 0 bridgehead atoms. The fourth-order valence-corrected chi connectivity index (χ4v) is 6.22. The van der Waals surface area contributed by atoms with Crippen LogP contribution < -0.4 is 0 Å². The molecular weight excluding hydrogens is 516 g/mol. The molecular formula is C29H33F2N7O2. The molecule has 1 saturated heterocycles. The summed E-state index contributed by atoms with van der Waals surface area (Å²) in [6.45, 7) is 4.75. The Hall–Kier alpha value is -3.70. The van der Waals surface area contributed by atoms with Crippen molar-refractivity contribution < 1.29 is 18.7 Å². The predicted molar refractivity (Wildman–Crippen MR) is 147 cm³/mol. The number of likely N-dealkylation sites (N-methyl/N-ethyl adjacent to an activating group) is 1. The van der Waals surface area contributed by atoms with Crippen molar-refractivity contribution in [2.45, 2.75) is 44.7 Å². The second kappa shape index (κ2) is 10.4. The molecule has 0 unspecified atom stereocenters. The summed E-state index contributed by atoms with van der Waals surface area (Å²) in [5.41, 5.74) is 3.54. The number of imidazole rings is 1. The van der Waals surface area contributed by atoms with Crippen LogP contribution in [0.5, 0.6) is 0 Å². The molecule has 11 heteroatoms. The van der Waals surface area contributed by atoms with Gasteiger partial charge in [-0.05, 0) is 45.0 Å². The summed E-state index contributed by atoms with van der Waals surface area (Å²) < 4.78 is 32.4. The minimum absolute atomic E-state index is 0.0242. The van der Waals surface area contributed by atoms with Crippen molar-refractivity contribution >= 4 is 16.8 Å². The smallest absolute Gasteiger partial charge is 0.265 e. The van der Waals surface area contributed by atoms with E-state index in [9.17, 15) is 18.7 Å². The first-order valence-electron chi connectivity index (χ1n) is 13.7. The molecule has 0 saturated carbocycles. The van der Waals surface area contributed by atoms with Gasteiger partial charge in [-0.1, -0.05) is 12.1 Å². The molecule has 1 N–H and O–H groups in total. The number of hydrogen-bond acceptors (Lipinski definition) is 6. The third-order valence-electron chi connectivity index (χ3n) is 8.27. The normalized spacial score (nSPS) is 18.7. The van der Waals surface area contributed by atoms with Gasteiger partial charge in [0.2, 0.25) is 5.91 Å². The van der Waals surface area contributed by atoms with Crippen LogP contribution in [-0.4, -0.2) is 78.4 Å². The number of rotatable bonds is 6. The lowest BCUT2D eigenvalue weighted by Crippen LogP contribution is -2.40. The van der Waals surface area contributed by atoms with Gasteiger partial charge >= 0.3 is 0 Å². The molecule has 2 aliphatic heterocycles. The molecule has 1 aromatic carbocycles. The first-order valence-corrected chi connectivity index (χ1v) is 13.7. The third kappa shape index (κ3) is 4.46. The van der Waals surface area contributed by atoms with Crippen molar-refractivity contribution in [3.8, 4) is 22.5 Å². The molecule has 0 radical (unpaired) electrons. The van der Waals surface area contributed by atoms with Crippen LogP contribution in [0.4, 0.5) is 8.78 Å². The van der Waals surface area contributed by atoms with Crippen molar-refractivity contribution in [3.63, 3.8) is 0 Å². The Labute approximate surface area is 231 Å². The zero-order valence-corrected chi connectivity index (χ0v) is 22.9.